The van der Waals surface area contributed by atoms with Crippen molar-refractivity contribution in [2.45, 2.75) is 0 Å². The monoisotopic (exact) mass is 378 g/mol. The molecule has 0 unspecified atom stereocenters. The van der Waals surface area contributed by atoms with Gasteiger partial charge in [0.2, 0.25) is 0 Å². The van der Waals surface area contributed by atoms with E-state index in [4.69, 9.17) is 4.74 Å². The lowest BCUT2D eigenvalue weighted by Gasteiger charge is -2.36. The van der Waals surface area contributed by atoms with E-state index in [1.165, 1.54) is 4.68 Å². The molecule has 0 radical (unpaired) electrons. The summed E-state index contributed by atoms with van der Waals surface area (Å²) in [5.74, 6) is 0.675. The highest BCUT2D eigenvalue weighted by atomic mass is 16.5. The molecule has 3 aromatic rings. The second-order valence-corrected chi connectivity index (χ2v) is 6.80. The fraction of sp³-hybridized carbons (Fsp3) is 0.286. The Bertz CT molecular complexity index is 1080. The van der Waals surface area contributed by atoms with Crippen LogP contribution in [0.5, 0.6) is 5.75 Å². The Kier molecular flexibility index (Phi) is 4.73. The van der Waals surface area contributed by atoms with E-state index in [2.05, 4.69) is 10.00 Å². The zero-order chi connectivity index (χ0) is 19.7. The minimum atomic E-state index is -0.199. The number of carbonyl (C=O) groups excluding carboxylic acids is 1. The minimum Gasteiger partial charge on any atom is -0.497 e. The first-order valence-corrected chi connectivity index (χ1v) is 9.23. The smallest absolute Gasteiger partial charge is 0.275 e. The molecule has 2 aromatic carbocycles. The van der Waals surface area contributed by atoms with Gasteiger partial charge in [0, 0.05) is 50.4 Å². The number of carbonyl (C=O) groups is 1. The van der Waals surface area contributed by atoms with Crippen LogP contribution >= 0.6 is 0 Å². The van der Waals surface area contributed by atoms with E-state index >= 15 is 0 Å². The third kappa shape index (κ3) is 3.19. The van der Waals surface area contributed by atoms with Gasteiger partial charge in [-0.15, -0.1) is 0 Å². The van der Waals surface area contributed by atoms with Crippen molar-refractivity contribution in [1.29, 1.82) is 0 Å². The molecule has 7 nitrogen and oxygen atoms in total. The Hall–Kier alpha value is -3.35. The number of anilines is 1. The van der Waals surface area contributed by atoms with Crippen LogP contribution in [0.1, 0.15) is 10.5 Å². The van der Waals surface area contributed by atoms with Crippen LogP contribution in [-0.2, 0) is 7.05 Å². The molecule has 2 heterocycles. The van der Waals surface area contributed by atoms with Crippen molar-refractivity contribution in [3.05, 3.63) is 64.6 Å². The Morgan fingerprint density at radius 1 is 1.00 bits per heavy atom. The summed E-state index contributed by atoms with van der Waals surface area (Å²) in [5.41, 5.74) is 1.21. The molecule has 0 saturated carbocycles. The predicted molar refractivity (Wildman–Crippen MR) is 108 cm³/mol. The van der Waals surface area contributed by atoms with Crippen molar-refractivity contribution >= 4 is 22.4 Å². The summed E-state index contributed by atoms with van der Waals surface area (Å²) < 4.78 is 6.54. The van der Waals surface area contributed by atoms with Gasteiger partial charge in [0.15, 0.2) is 5.69 Å². The van der Waals surface area contributed by atoms with Gasteiger partial charge in [-0.05, 0) is 18.2 Å². The number of aryl methyl sites for hydroxylation is 1. The third-order valence-electron chi connectivity index (χ3n) is 5.14. The van der Waals surface area contributed by atoms with Crippen LogP contribution in [0.25, 0.3) is 10.8 Å². The molecule has 0 bridgehead atoms. The zero-order valence-corrected chi connectivity index (χ0v) is 16.0. The van der Waals surface area contributed by atoms with Crippen molar-refractivity contribution in [2.75, 3.05) is 38.2 Å². The summed E-state index contributed by atoms with van der Waals surface area (Å²) >= 11 is 0. The van der Waals surface area contributed by atoms with E-state index in [9.17, 15) is 9.59 Å². The van der Waals surface area contributed by atoms with E-state index in [1.54, 1.807) is 37.3 Å². The number of piperazine rings is 1. The fourth-order valence-corrected chi connectivity index (χ4v) is 3.58. The van der Waals surface area contributed by atoms with Crippen LogP contribution < -0.4 is 15.2 Å². The molecule has 1 aromatic heterocycles. The molecule has 7 heteroatoms. The van der Waals surface area contributed by atoms with E-state index in [0.717, 1.165) is 24.5 Å². The standard InChI is InChI=1S/C21H22N4O3/c1-23-20(26)18-9-4-3-8-17(18)19(22-23)21(27)25-12-10-24(11-13-25)15-6-5-7-16(14-15)28-2/h3-9,14H,10-13H2,1-2H3. The van der Waals surface area contributed by atoms with Crippen LogP contribution in [0, 0.1) is 0 Å². The van der Waals surface area contributed by atoms with Gasteiger partial charge < -0.3 is 14.5 Å². The molecule has 1 fully saturated rings. The average Bonchev–Trinajstić information content (AvgIpc) is 2.76. The number of fused-ring (bicyclic) bond motifs is 1. The van der Waals surface area contributed by atoms with Crippen LogP contribution in [-0.4, -0.2) is 53.9 Å². The summed E-state index contributed by atoms with van der Waals surface area (Å²) in [6.45, 7) is 2.63. The van der Waals surface area contributed by atoms with Gasteiger partial charge in [-0.3, -0.25) is 9.59 Å². The Labute approximate surface area is 162 Å². The van der Waals surface area contributed by atoms with Crippen LogP contribution in [0.15, 0.2) is 53.3 Å². The lowest BCUT2D eigenvalue weighted by molar-refractivity contribution is 0.0740. The molecule has 0 atom stereocenters. The summed E-state index contributed by atoms with van der Waals surface area (Å²) in [4.78, 5) is 29.5. The summed E-state index contributed by atoms with van der Waals surface area (Å²) in [5, 5.41) is 5.37. The Morgan fingerprint density at radius 3 is 2.43 bits per heavy atom. The number of hydrogen-bond donors (Lipinski definition) is 0. The second-order valence-electron chi connectivity index (χ2n) is 6.80. The maximum atomic E-state index is 13.1. The number of amides is 1. The van der Waals surface area contributed by atoms with E-state index in [0.29, 0.717) is 29.6 Å². The highest BCUT2D eigenvalue weighted by Crippen LogP contribution is 2.23. The Balaban J connectivity index is 1.56. The number of rotatable bonds is 3. The first-order chi connectivity index (χ1) is 13.6. The lowest BCUT2D eigenvalue weighted by Crippen LogP contribution is -2.49. The quantitative estimate of drug-likeness (QED) is 0.696. The van der Waals surface area contributed by atoms with Crippen LogP contribution in [0.3, 0.4) is 0 Å². The maximum Gasteiger partial charge on any atom is 0.275 e. The van der Waals surface area contributed by atoms with Crippen molar-refractivity contribution in [2.24, 2.45) is 7.05 Å². The minimum absolute atomic E-state index is 0.142. The van der Waals surface area contributed by atoms with Gasteiger partial charge in [0.1, 0.15) is 5.75 Å². The number of aromatic nitrogens is 2. The van der Waals surface area contributed by atoms with Crippen molar-refractivity contribution in [1.82, 2.24) is 14.7 Å². The van der Waals surface area contributed by atoms with E-state index in [1.807, 2.05) is 30.3 Å². The molecule has 1 aliphatic heterocycles. The Morgan fingerprint density at radius 2 is 1.71 bits per heavy atom. The number of nitrogens with zero attached hydrogens (tertiary/aromatic N) is 4. The molecule has 1 aliphatic rings. The van der Waals surface area contributed by atoms with Gasteiger partial charge in [0.25, 0.3) is 11.5 Å². The first-order valence-electron chi connectivity index (χ1n) is 9.23. The molecule has 144 valence electrons. The van der Waals surface area contributed by atoms with Crippen LogP contribution in [0.2, 0.25) is 0 Å². The summed E-state index contributed by atoms with van der Waals surface area (Å²) in [7, 11) is 3.23. The highest BCUT2D eigenvalue weighted by molar-refractivity contribution is 6.04. The van der Waals surface area contributed by atoms with E-state index in [-0.39, 0.29) is 11.5 Å². The zero-order valence-electron chi connectivity index (χ0n) is 16.0. The second kappa shape index (κ2) is 7.34. The lowest BCUT2D eigenvalue weighted by atomic mass is 10.1. The van der Waals surface area contributed by atoms with Gasteiger partial charge in [-0.25, -0.2) is 4.68 Å². The molecule has 1 saturated heterocycles. The number of hydrogen-bond acceptors (Lipinski definition) is 5. The molecular formula is C21H22N4O3. The number of benzene rings is 2. The SMILES string of the molecule is COc1cccc(N2CCN(C(=O)c3nn(C)c(=O)c4ccccc34)CC2)c1. The largest absolute Gasteiger partial charge is 0.497 e. The highest BCUT2D eigenvalue weighted by Gasteiger charge is 2.25. The van der Waals surface area contributed by atoms with E-state index < -0.39 is 0 Å². The summed E-state index contributed by atoms with van der Waals surface area (Å²) in [6.07, 6.45) is 0. The molecular weight excluding hydrogens is 356 g/mol. The van der Waals surface area contributed by atoms with Crippen molar-refractivity contribution in [3.63, 3.8) is 0 Å². The average molecular weight is 378 g/mol. The molecule has 0 aliphatic carbocycles. The third-order valence-corrected chi connectivity index (χ3v) is 5.14. The van der Waals surface area contributed by atoms with Gasteiger partial charge >= 0.3 is 0 Å². The first kappa shape index (κ1) is 18.0. The normalized spacial score (nSPS) is 14.4. The maximum absolute atomic E-state index is 13.1. The molecule has 0 spiro atoms. The van der Waals surface area contributed by atoms with Crippen LogP contribution in [0.4, 0.5) is 5.69 Å². The molecule has 0 N–H and O–H groups in total. The van der Waals surface area contributed by atoms with Gasteiger partial charge in [-0.2, -0.15) is 5.10 Å². The number of ether oxygens (including phenoxy) is 1. The van der Waals surface area contributed by atoms with Gasteiger partial charge in [-0.1, -0.05) is 24.3 Å². The summed E-state index contributed by atoms with van der Waals surface area (Å²) in [6, 6.07) is 15.1. The molecule has 4 rings (SSSR count). The molecule has 28 heavy (non-hydrogen) atoms. The molecule has 1 amide bonds. The van der Waals surface area contributed by atoms with Crippen molar-refractivity contribution < 1.29 is 9.53 Å². The van der Waals surface area contributed by atoms with Gasteiger partial charge in [0.05, 0.1) is 12.5 Å². The fourth-order valence-electron chi connectivity index (χ4n) is 3.58. The predicted octanol–water partition coefficient (Wildman–Crippen LogP) is 1.90. The number of methoxy groups -OCH3 is 1. The van der Waals surface area contributed by atoms with Crippen molar-refractivity contribution in [3.8, 4) is 5.75 Å². The topological polar surface area (TPSA) is 67.7 Å².